The summed E-state index contributed by atoms with van der Waals surface area (Å²) in [5, 5.41) is 3.41. The molecule has 1 N–H and O–H groups in total. The molecule has 3 rings (SSSR count). The molecule has 8 heteroatoms. The first-order valence-corrected chi connectivity index (χ1v) is 9.78. The Hall–Kier alpha value is -1.60. The van der Waals surface area contributed by atoms with Gasteiger partial charge in [-0.05, 0) is 38.0 Å². The van der Waals surface area contributed by atoms with Crippen LogP contribution in [0.1, 0.15) is 50.8 Å². The first kappa shape index (κ1) is 19.2. The van der Waals surface area contributed by atoms with Gasteiger partial charge in [0.25, 0.3) is 5.56 Å². The average Bonchev–Trinajstić information content (AvgIpc) is 3.10. The number of carbonyl (C=O) groups excluding carboxylic acids is 1. The zero-order valence-corrected chi connectivity index (χ0v) is 15.9. The molecule has 144 valence electrons. The maximum atomic E-state index is 12.9. The number of nitrogens with zero attached hydrogens (tertiary/aromatic N) is 2. The van der Waals surface area contributed by atoms with E-state index in [1.165, 1.54) is 4.57 Å². The minimum atomic E-state index is -0.613. The van der Waals surface area contributed by atoms with E-state index in [2.05, 4.69) is 10.3 Å². The van der Waals surface area contributed by atoms with Gasteiger partial charge in [0.2, 0.25) is 0 Å². The lowest BCUT2D eigenvalue weighted by atomic mass is 10.0. The van der Waals surface area contributed by atoms with Gasteiger partial charge in [-0.25, -0.2) is 9.78 Å². The third-order valence-corrected chi connectivity index (χ3v) is 5.34. The lowest BCUT2D eigenvalue weighted by molar-refractivity contribution is -0.147. The second kappa shape index (κ2) is 8.86. The zero-order valence-electron chi connectivity index (χ0n) is 15.1. The van der Waals surface area contributed by atoms with Crippen molar-refractivity contribution in [3.8, 4) is 0 Å². The predicted octanol–water partition coefficient (Wildman–Crippen LogP) is 2.57. The minimum absolute atomic E-state index is 0.207. The highest BCUT2D eigenvalue weighted by Crippen LogP contribution is 2.29. The number of nitrogens with one attached hydrogen (secondary N) is 1. The van der Waals surface area contributed by atoms with Gasteiger partial charge in [-0.3, -0.25) is 9.36 Å². The maximum absolute atomic E-state index is 12.9. The lowest BCUT2D eigenvalue weighted by Gasteiger charge is -2.22. The number of halogens is 1. The van der Waals surface area contributed by atoms with Crippen molar-refractivity contribution in [2.24, 2.45) is 5.92 Å². The normalized spacial score (nSPS) is 20.0. The Kier molecular flexibility index (Phi) is 6.53. The van der Waals surface area contributed by atoms with E-state index in [-0.39, 0.29) is 22.5 Å². The molecule has 1 aromatic rings. The molecule has 2 aliphatic heterocycles. The monoisotopic (exact) mass is 383 g/mol. The molecule has 3 heterocycles. The molecule has 0 aromatic carbocycles. The van der Waals surface area contributed by atoms with Gasteiger partial charge in [-0.15, -0.1) is 0 Å². The Labute approximate surface area is 158 Å². The van der Waals surface area contributed by atoms with Crippen LogP contribution in [-0.4, -0.2) is 41.9 Å². The van der Waals surface area contributed by atoms with E-state index < -0.39 is 6.04 Å². The summed E-state index contributed by atoms with van der Waals surface area (Å²) < 4.78 is 12.1. The standard InChI is InChI=1S/C18H26ClN3O4/c1-2-3-8-26-18(24)14-5-4-13-15(19)21-16(17(23)22(13)14)20-11-12-6-9-25-10-7-12/h12,14H,2-11H2,1H3,(H,20,21)/t14-/m0/s1. The lowest BCUT2D eigenvalue weighted by Crippen LogP contribution is -2.33. The maximum Gasteiger partial charge on any atom is 0.329 e. The smallest absolute Gasteiger partial charge is 0.329 e. The summed E-state index contributed by atoms with van der Waals surface area (Å²) in [5.74, 6) is 0.284. The topological polar surface area (TPSA) is 82.5 Å². The first-order chi connectivity index (χ1) is 12.6. The van der Waals surface area contributed by atoms with Crippen molar-refractivity contribution in [2.75, 3.05) is 31.7 Å². The van der Waals surface area contributed by atoms with Gasteiger partial charge in [-0.2, -0.15) is 0 Å². The number of unbranched alkanes of at least 4 members (excludes halogenated alkanes) is 1. The molecule has 7 nitrogen and oxygen atoms in total. The molecule has 0 bridgehead atoms. The number of anilines is 1. The van der Waals surface area contributed by atoms with Gasteiger partial charge in [0.15, 0.2) is 11.0 Å². The van der Waals surface area contributed by atoms with Gasteiger partial charge in [0.1, 0.15) is 6.04 Å². The number of hydrogen-bond donors (Lipinski definition) is 1. The van der Waals surface area contributed by atoms with Crippen LogP contribution in [0.4, 0.5) is 5.82 Å². The average molecular weight is 384 g/mol. The summed E-state index contributed by atoms with van der Waals surface area (Å²) in [5.41, 5.74) is 0.317. The van der Waals surface area contributed by atoms with E-state index in [4.69, 9.17) is 21.1 Å². The van der Waals surface area contributed by atoms with E-state index >= 15 is 0 Å². The largest absolute Gasteiger partial charge is 0.464 e. The molecule has 0 aliphatic carbocycles. The Morgan fingerprint density at radius 1 is 1.38 bits per heavy atom. The van der Waals surface area contributed by atoms with Crippen LogP contribution in [0.15, 0.2) is 4.79 Å². The number of rotatable bonds is 7. The molecular weight excluding hydrogens is 358 g/mol. The summed E-state index contributed by atoms with van der Waals surface area (Å²) in [6.45, 7) is 4.55. The number of carbonyl (C=O) groups is 1. The summed E-state index contributed by atoms with van der Waals surface area (Å²) >= 11 is 6.28. The van der Waals surface area contributed by atoms with Crippen LogP contribution in [0, 0.1) is 5.92 Å². The summed E-state index contributed by atoms with van der Waals surface area (Å²) in [6, 6.07) is -0.613. The fourth-order valence-electron chi connectivity index (χ4n) is 3.45. The van der Waals surface area contributed by atoms with E-state index in [9.17, 15) is 9.59 Å². The second-order valence-electron chi connectivity index (χ2n) is 6.89. The van der Waals surface area contributed by atoms with Crippen molar-refractivity contribution >= 4 is 23.4 Å². The van der Waals surface area contributed by atoms with Crippen molar-refractivity contribution in [3.05, 3.63) is 21.2 Å². The van der Waals surface area contributed by atoms with Crippen molar-refractivity contribution in [3.63, 3.8) is 0 Å². The molecular formula is C18H26ClN3O4. The number of hydrogen-bond acceptors (Lipinski definition) is 6. The van der Waals surface area contributed by atoms with Crippen molar-refractivity contribution in [1.82, 2.24) is 9.55 Å². The Bertz CT molecular complexity index is 700. The van der Waals surface area contributed by atoms with E-state index in [1.807, 2.05) is 6.92 Å². The summed E-state index contributed by atoms with van der Waals surface area (Å²) in [6.07, 6.45) is 4.75. The van der Waals surface area contributed by atoms with Crippen LogP contribution in [0.5, 0.6) is 0 Å². The highest BCUT2D eigenvalue weighted by atomic mass is 35.5. The highest BCUT2D eigenvalue weighted by Gasteiger charge is 2.33. The van der Waals surface area contributed by atoms with Crippen molar-refractivity contribution in [1.29, 1.82) is 0 Å². The number of aromatic nitrogens is 2. The predicted molar refractivity (Wildman–Crippen MR) is 98.8 cm³/mol. The third-order valence-electron chi connectivity index (χ3n) is 5.04. The Morgan fingerprint density at radius 3 is 2.88 bits per heavy atom. The number of esters is 1. The van der Waals surface area contributed by atoms with Crippen LogP contribution < -0.4 is 10.9 Å². The Balaban J connectivity index is 1.75. The van der Waals surface area contributed by atoms with Crippen molar-refractivity contribution < 1.29 is 14.3 Å². The number of fused-ring (bicyclic) bond motifs is 1. The summed E-state index contributed by atoms with van der Waals surface area (Å²) in [4.78, 5) is 29.5. The van der Waals surface area contributed by atoms with E-state index in [1.54, 1.807) is 0 Å². The molecule has 0 spiro atoms. The third kappa shape index (κ3) is 4.20. The quantitative estimate of drug-likeness (QED) is 0.575. The van der Waals surface area contributed by atoms with Gasteiger partial charge in [0.05, 0.1) is 12.3 Å². The summed E-state index contributed by atoms with van der Waals surface area (Å²) in [7, 11) is 0. The molecule has 2 aliphatic rings. The fraction of sp³-hybridized carbons (Fsp3) is 0.722. The Morgan fingerprint density at radius 2 is 2.15 bits per heavy atom. The zero-order chi connectivity index (χ0) is 18.5. The van der Waals surface area contributed by atoms with Gasteiger partial charge in [-0.1, -0.05) is 24.9 Å². The van der Waals surface area contributed by atoms with Crippen LogP contribution in [0.2, 0.25) is 5.15 Å². The molecule has 0 unspecified atom stereocenters. The van der Waals surface area contributed by atoms with Crippen molar-refractivity contribution in [2.45, 2.75) is 51.5 Å². The van der Waals surface area contributed by atoms with E-state index in [0.717, 1.165) is 38.9 Å². The van der Waals surface area contributed by atoms with Gasteiger partial charge >= 0.3 is 5.97 Å². The van der Waals surface area contributed by atoms with Crippen LogP contribution in [0.3, 0.4) is 0 Å². The SMILES string of the molecule is CCCCOC(=O)[C@@H]1CCc2c(Cl)nc(NCC3CCOCC3)c(=O)n21. The molecule has 1 atom stereocenters. The minimum Gasteiger partial charge on any atom is -0.464 e. The molecule has 26 heavy (non-hydrogen) atoms. The molecule has 0 radical (unpaired) electrons. The second-order valence-corrected chi connectivity index (χ2v) is 7.24. The van der Waals surface area contributed by atoms with Gasteiger partial charge < -0.3 is 14.8 Å². The molecule has 0 amide bonds. The fourth-order valence-corrected chi connectivity index (χ4v) is 3.72. The first-order valence-electron chi connectivity index (χ1n) is 9.41. The van der Waals surface area contributed by atoms with Crippen LogP contribution in [-0.2, 0) is 20.7 Å². The molecule has 1 fully saturated rings. The van der Waals surface area contributed by atoms with Gasteiger partial charge in [0, 0.05) is 19.8 Å². The molecule has 1 aromatic heterocycles. The van der Waals surface area contributed by atoms with Crippen LogP contribution in [0.25, 0.3) is 0 Å². The molecule has 1 saturated heterocycles. The van der Waals surface area contributed by atoms with E-state index in [0.29, 0.717) is 37.6 Å². The highest BCUT2D eigenvalue weighted by molar-refractivity contribution is 6.30. The number of ether oxygens (including phenoxy) is 2. The molecule has 0 saturated carbocycles. The van der Waals surface area contributed by atoms with Crippen LogP contribution >= 0.6 is 11.6 Å².